The topological polar surface area (TPSA) is 75.3 Å². The van der Waals surface area contributed by atoms with Gasteiger partial charge in [-0.1, -0.05) is 31.2 Å². The van der Waals surface area contributed by atoms with Crippen LogP contribution in [0.4, 0.5) is 5.82 Å². The molecule has 3 aromatic rings. The Balaban J connectivity index is 2.13. The molecule has 0 fully saturated rings. The molecule has 0 saturated carbocycles. The molecule has 0 spiro atoms. The standard InChI is InChI=1S/C19H24N4O2/c1-5-16(11-24)23(10-15-9-7-6-8-12(15)2)18-17-19(21-13(3)20-18)25-14(4)22-17/h6-9,16,24H,5,10-11H2,1-4H3. The molecule has 1 N–H and O–H groups in total. The van der Waals surface area contributed by atoms with Crippen LogP contribution in [0.1, 0.15) is 36.2 Å². The predicted molar refractivity (Wildman–Crippen MR) is 97.6 cm³/mol. The van der Waals surface area contributed by atoms with Crippen LogP contribution in [0, 0.1) is 20.8 Å². The van der Waals surface area contributed by atoms with E-state index in [1.165, 1.54) is 11.1 Å². The molecule has 0 aliphatic heterocycles. The third kappa shape index (κ3) is 3.49. The van der Waals surface area contributed by atoms with Gasteiger partial charge in [-0.3, -0.25) is 0 Å². The number of nitrogens with zero attached hydrogens (tertiary/aromatic N) is 4. The lowest BCUT2D eigenvalue weighted by atomic mass is 10.1. The molecule has 2 heterocycles. The van der Waals surface area contributed by atoms with Crippen LogP contribution >= 0.6 is 0 Å². The summed E-state index contributed by atoms with van der Waals surface area (Å²) in [7, 11) is 0. The number of aryl methyl sites for hydroxylation is 3. The monoisotopic (exact) mass is 340 g/mol. The second kappa shape index (κ2) is 7.19. The maximum absolute atomic E-state index is 9.92. The smallest absolute Gasteiger partial charge is 0.252 e. The van der Waals surface area contributed by atoms with E-state index in [0.29, 0.717) is 35.3 Å². The molecule has 0 amide bonds. The number of hydrogen-bond donors (Lipinski definition) is 1. The SMILES string of the molecule is CCC(CO)N(Cc1ccccc1C)c1nc(C)nc2oc(C)nc12. The highest BCUT2D eigenvalue weighted by Gasteiger charge is 2.24. The Kier molecular flexibility index (Phi) is 4.99. The Hall–Kier alpha value is -2.47. The van der Waals surface area contributed by atoms with Gasteiger partial charge in [0, 0.05) is 13.5 Å². The zero-order chi connectivity index (χ0) is 18.0. The van der Waals surface area contributed by atoms with E-state index in [1.807, 2.05) is 19.1 Å². The summed E-state index contributed by atoms with van der Waals surface area (Å²) >= 11 is 0. The first-order valence-corrected chi connectivity index (χ1v) is 8.57. The number of aliphatic hydroxyl groups is 1. The Morgan fingerprint density at radius 3 is 2.56 bits per heavy atom. The summed E-state index contributed by atoms with van der Waals surface area (Å²) in [6, 6.07) is 8.19. The van der Waals surface area contributed by atoms with E-state index < -0.39 is 0 Å². The van der Waals surface area contributed by atoms with Crippen molar-refractivity contribution in [2.24, 2.45) is 0 Å². The fourth-order valence-corrected chi connectivity index (χ4v) is 3.01. The van der Waals surface area contributed by atoms with Gasteiger partial charge < -0.3 is 14.4 Å². The first kappa shape index (κ1) is 17.4. The van der Waals surface area contributed by atoms with Crippen molar-refractivity contribution < 1.29 is 9.52 Å². The van der Waals surface area contributed by atoms with Crippen LogP contribution in [-0.4, -0.2) is 32.7 Å². The number of benzene rings is 1. The molecule has 0 aliphatic carbocycles. The average Bonchev–Trinajstić information content (AvgIpc) is 2.96. The minimum Gasteiger partial charge on any atom is -0.422 e. The molecular formula is C19H24N4O2. The van der Waals surface area contributed by atoms with Crippen LogP contribution in [0.15, 0.2) is 28.7 Å². The largest absolute Gasteiger partial charge is 0.422 e. The molecular weight excluding hydrogens is 316 g/mol. The van der Waals surface area contributed by atoms with Crippen LogP contribution < -0.4 is 4.90 Å². The number of aromatic nitrogens is 3. The van der Waals surface area contributed by atoms with Gasteiger partial charge in [-0.2, -0.15) is 4.98 Å². The summed E-state index contributed by atoms with van der Waals surface area (Å²) in [5, 5.41) is 9.92. The normalized spacial score (nSPS) is 12.5. The molecule has 2 aromatic heterocycles. The Labute approximate surface area is 147 Å². The van der Waals surface area contributed by atoms with Gasteiger partial charge in [-0.05, 0) is 31.4 Å². The van der Waals surface area contributed by atoms with Crippen LogP contribution in [0.5, 0.6) is 0 Å². The third-order valence-electron chi connectivity index (χ3n) is 4.46. The highest BCUT2D eigenvalue weighted by molar-refractivity contribution is 5.82. The third-order valence-corrected chi connectivity index (χ3v) is 4.46. The Morgan fingerprint density at radius 2 is 1.88 bits per heavy atom. The van der Waals surface area contributed by atoms with Gasteiger partial charge in [0.15, 0.2) is 17.2 Å². The van der Waals surface area contributed by atoms with Gasteiger partial charge in [0.25, 0.3) is 5.71 Å². The van der Waals surface area contributed by atoms with Crippen LogP contribution in [0.3, 0.4) is 0 Å². The lowest BCUT2D eigenvalue weighted by Crippen LogP contribution is -2.38. The van der Waals surface area contributed by atoms with Crippen molar-refractivity contribution >= 4 is 17.0 Å². The van der Waals surface area contributed by atoms with Crippen molar-refractivity contribution in [1.82, 2.24) is 15.0 Å². The van der Waals surface area contributed by atoms with E-state index in [2.05, 4.69) is 45.8 Å². The molecule has 0 saturated heterocycles. The van der Waals surface area contributed by atoms with E-state index in [0.717, 1.165) is 6.42 Å². The zero-order valence-electron chi connectivity index (χ0n) is 15.2. The minimum absolute atomic E-state index is 0.0454. The second-order valence-electron chi connectivity index (χ2n) is 6.28. The van der Waals surface area contributed by atoms with E-state index in [9.17, 15) is 5.11 Å². The van der Waals surface area contributed by atoms with Gasteiger partial charge in [-0.15, -0.1) is 0 Å². The average molecular weight is 340 g/mol. The van der Waals surface area contributed by atoms with Gasteiger partial charge in [0.05, 0.1) is 12.6 Å². The zero-order valence-corrected chi connectivity index (χ0v) is 15.2. The summed E-state index contributed by atoms with van der Waals surface area (Å²) in [6.45, 7) is 8.48. The summed E-state index contributed by atoms with van der Waals surface area (Å²) in [6.07, 6.45) is 0.795. The number of fused-ring (bicyclic) bond motifs is 1. The molecule has 6 nitrogen and oxygen atoms in total. The molecule has 25 heavy (non-hydrogen) atoms. The van der Waals surface area contributed by atoms with Crippen molar-refractivity contribution in [3.8, 4) is 0 Å². The van der Waals surface area contributed by atoms with Gasteiger partial charge >= 0.3 is 0 Å². The van der Waals surface area contributed by atoms with Crippen LogP contribution in [0.25, 0.3) is 11.2 Å². The molecule has 1 unspecified atom stereocenters. The molecule has 132 valence electrons. The highest BCUT2D eigenvalue weighted by Crippen LogP contribution is 2.28. The number of anilines is 1. The van der Waals surface area contributed by atoms with E-state index in [1.54, 1.807) is 6.92 Å². The maximum Gasteiger partial charge on any atom is 0.252 e. The molecule has 3 rings (SSSR count). The van der Waals surface area contributed by atoms with Crippen molar-refractivity contribution in [3.05, 3.63) is 47.1 Å². The lowest BCUT2D eigenvalue weighted by molar-refractivity contribution is 0.254. The molecule has 0 radical (unpaired) electrons. The second-order valence-corrected chi connectivity index (χ2v) is 6.28. The summed E-state index contributed by atoms with van der Waals surface area (Å²) in [5.41, 5.74) is 3.53. The van der Waals surface area contributed by atoms with E-state index in [4.69, 9.17) is 4.42 Å². The first-order valence-electron chi connectivity index (χ1n) is 8.57. The fourth-order valence-electron chi connectivity index (χ4n) is 3.01. The summed E-state index contributed by atoms with van der Waals surface area (Å²) in [4.78, 5) is 15.6. The first-order chi connectivity index (χ1) is 12.0. The van der Waals surface area contributed by atoms with Crippen molar-refractivity contribution in [3.63, 3.8) is 0 Å². The molecule has 1 aromatic carbocycles. The summed E-state index contributed by atoms with van der Waals surface area (Å²) < 4.78 is 5.61. The van der Waals surface area contributed by atoms with Crippen molar-refractivity contribution in [2.75, 3.05) is 11.5 Å². The van der Waals surface area contributed by atoms with E-state index >= 15 is 0 Å². The quantitative estimate of drug-likeness (QED) is 0.742. The van der Waals surface area contributed by atoms with Gasteiger partial charge in [0.2, 0.25) is 0 Å². The number of aliphatic hydroxyl groups excluding tert-OH is 1. The Morgan fingerprint density at radius 1 is 1.12 bits per heavy atom. The Bertz CT molecular complexity index is 871. The molecule has 6 heteroatoms. The molecule has 0 aliphatic rings. The minimum atomic E-state index is -0.0610. The molecule has 0 bridgehead atoms. The number of hydrogen-bond acceptors (Lipinski definition) is 6. The van der Waals surface area contributed by atoms with E-state index in [-0.39, 0.29) is 12.6 Å². The number of oxazole rings is 1. The van der Waals surface area contributed by atoms with Crippen LogP contribution in [0.2, 0.25) is 0 Å². The van der Waals surface area contributed by atoms with Crippen molar-refractivity contribution in [2.45, 2.75) is 46.7 Å². The molecule has 1 atom stereocenters. The maximum atomic E-state index is 9.92. The number of rotatable bonds is 6. The van der Waals surface area contributed by atoms with Gasteiger partial charge in [0.1, 0.15) is 5.82 Å². The van der Waals surface area contributed by atoms with Crippen molar-refractivity contribution in [1.29, 1.82) is 0 Å². The lowest BCUT2D eigenvalue weighted by Gasteiger charge is -2.31. The van der Waals surface area contributed by atoms with Crippen LogP contribution in [-0.2, 0) is 6.54 Å². The highest BCUT2D eigenvalue weighted by atomic mass is 16.4. The predicted octanol–water partition coefficient (Wildman–Crippen LogP) is 3.32. The summed E-state index contributed by atoms with van der Waals surface area (Å²) in [5.74, 6) is 1.90. The fraction of sp³-hybridized carbons (Fsp3) is 0.421. The van der Waals surface area contributed by atoms with Gasteiger partial charge in [-0.25, -0.2) is 9.97 Å².